The van der Waals surface area contributed by atoms with Crippen molar-refractivity contribution in [3.63, 3.8) is 0 Å². The highest BCUT2D eigenvalue weighted by Gasteiger charge is 2.20. The molecule has 0 unspecified atom stereocenters. The van der Waals surface area contributed by atoms with Gasteiger partial charge in [-0.25, -0.2) is 4.79 Å². The van der Waals surface area contributed by atoms with Crippen LogP contribution in [-0.4, -0.2) is 12.6 Å². The molecular formula is C12H14ClNO2. The summed E-state index contributed by atoms with van der Waals surface area (Å²) in [7, 11) is 0. The molecular weight excluding hydrogens is 226 g/mol. The number of nitrogen functional groups attached to an aromatic ring is 1. The van der Waals surface area contributed by atoms with Crippen LogP contribution in [0.2, 0.25) is 5.02 Å². The lowest BCUT2D eigenvalue weighted by Gasteiger charge is -2.24. The van der Waals surface area contributed by atoms with E-state index in [0.717, 1.165) is 12.8 Å². The summed E-state index contributed by atoms with van der Waals surface area (Å²) >= 11 is 5.91. The van der Waals surface area contributed by atoms with Gasteiger partial charge in [-0.2, -0.15) is 0 Å². The maximum absolute atomic E-state index is 11.7. The number of benzene rings is 1. The summed E-state index contributed by atoms with van der Waals surface area (Å²) in [5.41, 5.74) is 6.47. The zero-order chi connectivity index (χ0) is 11.5. The first-order valence-corrected chi connectivity index (χ1v) is 5.77. The number of nitrogens with two attached hydrogens (primary N) is 1. The fraction of sp³-hybridized carbons (Fsp3) is 0.417. The molecule has 0 atom stereocenters. The Morgan fingerprint density at radius 1 is 1.50 bits per heavy atom. The lowest BCUT2D eigenvalue weighted by Crippen LogP contribution is -2.20. The van der Waals surface area contributed by atoms with E-state index < -0.39 is 0 Å². The molecule has 1 aromatic rings. The van der Waals surface area contributed by atoms with E-state index in [1.807, 2.05) is 0 Å². The molecule has 4 heteroatoms. The first-order valence-electron chi connectivity index (χ1n) is 5.39. The van der Waals surface area contributed by atoms with Crippen molar-refractivity contribution >= 4 is 23.3 Å². The Labute approximate surface area is 99.5 Å². The first-order chi connectivity index (χ1) is 7.66. The number of halogens is 1. The highest BCUT2D eigenvalue weighted by molar-refractivity contribution is 6.33. The van der Waals surface area contributed by atoms with Gasteiger partial charge in [-0.3, -0.25) is 0 Å². The van der Waals surface area contributed by atoms with Crippen LogP contribution in [0, 0.1) is 5.92 Å². The van der Waals surface area contributed by atoms with E-state index in [0.29, 0.717) is 28.8 Å². The smallest absolute Gasteiger partial charge is 0.339 e. The third-order valence-electron chi connectivity index (χ3n) is 2.89. The van der Waals surface area contributed by atoms with Gasteiger partial charge in [0.1, 0.15) is 0 Å². The lowest BCUT2D eigenvalue weighted by atomic mass is 9.86. The molecule has 2 rings (SSSR count). The zero-order valence-corrected chi connectivity index (χ0v) is 9.67. The molecule has 0 radical (unpaired) electrons. The molecule has 0 amide bonds. The minimum absolute atomic E-state index is 0.346. The third-order valence-corrected chi connectivity index (χ3v) is 3.20. The number of esters is 1. The second-order valence-corrected chi connectivity index (χ2v) is 4.54. The van der Waals surface area contributed by atoms with Crippen molar-refractivity contribution in [3.8, 4) is 0 Å². The predicted molar refractivity (Wildman–Crippen MR) is 63.5 cm³/mol. The summed E-state index contributed by atoms with van der Waals surface area (Å²) in [5, 5.41) is 0.346. The van der Waals surface area contributed by atoms with E-state index in [9.17, 15) is 4.79 Å². The van der Waals surface area contributed by atoms with Crippen LogP contribution in [0.15, 0.2) is 18.2 Å². The van der Waals surface area contributed by atoms with Crippen molar-refractivity contribution in [2.45, 2.75) is 19.3 Å². The van der Waals surface area contributed by atoms with Crippen LogP contribution >= 0.6 is 11.6 Å². The van der Waals surface area contributed by atoms with Gasteiger partial charge in [0.2, 0.25) is 0 Å². The molecule has 1 saturated carbocycles. The number of ether oxygens (including phenoxy) is 1. The lowest BCUT2D eigenvalue weighted by molar-refractivity contribution is 0.0372. The number of rotatable bonds is 3. The molecule has 2 N–H and O–H groups in total. The van der Waals surface area contributed by atoms with Crippen LogP contribution in [-0.2, 0) is 4.74 Å². The number of anilines is 1. The fourth-order valence-electron chi connectivity index (χ4n) is 1.63. The van der Waals surface area contributed by atoms with E-state index in [2.05, 4.69) is 0 Å². The van der Waals surface area contributed by atoms with Crippen molar-refractivity contribution in [2.24, 2.45) is 5.92 Å². The average Bonchev–Trinajstić information content (AvgIpc) is 2.14. The van der Waals surface area contributed by atoms with Crippen molar-refractivity contribution in [3.05, 3.63) is 28.8 Å². The van der Waals surface area contributed by atoms with E-state index >= 15 is 0 Å². The minimum Gasteiger partial charge on any atom is -0.462 e. The number of carbonyl (C=O) groups excluding carboxylic acids is 1. The average molecular weight is 240 g/mol. The normalized spacial score (nSPS) is 15.6. The number of hydrogen-bond donors (Lipinski definition) is 1. The third kappa shape index (κ3) is 2.47. The van der Waals surface area contributed by atoms with Crippen molar-refractivity contribution in [1.82, 2.24) is 0 Å². The molecule has 1 aromatic carbocycles. The van der Waals surface area contributed by atoms with Gasteiger partial charge in [0.15, 0.2) is 0 Å². The van der Waals surface area contributed by atoms with Crippen molar-refractivity contribution < 1.29 is 9.53 Å². The van der Waals surface area contributed by atoms with Crippen molar-refractivity contribution in [1.29, 1.82) is 0 Å². The molecule has 16 heavy (non-hydrogen) atoms. The van der Waals surface area contributed by atoms with Crippen LogP contribution in [0.3, 0.4) is 0 Å². The molecule has 0 bridgehead atoms. The van der Waals surface area contributed by atoms with E-state index in [4.69, 9.17) is 22.1 Å². The van der Waals surface area contributed by atoms with E-state index in [1.54, 1.807) is 18.2 Å². The van der Waals surface area contributed by atoms with Gasteiger partial charge in [0.25, 0.3) is 0 Å². The Kier molecular flexibility index (Phi) is 3.34. The van der Waals surface area contributed by atoms with Gasteiger partial charge < -0.3 is 10.5 Å². The molecule has 0 heterocycles. The summed E-state index contributed by atoms with van der Waals surface area (Å²) in [6, 6.07) is 4.80. The highest BCUT2D eigenvalue weighted by atomic mass is 35.5. The molecule has 0 aromatic heterocycles. The molecule has 1 aliphatic carbocycles. The molecule has 86 valence electrons. The second kappa shape index (κ2) is 4.74. The van der Waals surface area contributed by atoms with Crippen LogP contribution in [0.25, 0.3) is 0 Å². The van der Waals surface area contributed by atoms with E-state index in [-0.39, 0.29) is 5.97 Å². The molecule has 0 saturated heterocycles. The van der Waals surface area contributed by atoms with Gasteiger partial charge in [0.05, 0.1) is 17.2 Å². The van der Waals surface area contributed by atoms with Crippen LogP contribution in [0.1, 0.15) is 29.6 Å². The largest absolute Gasteiger partial charge is 0.462 e. The molecule has 1 aliphatic rings. The van der Waals surface area contributed by atoms with Crippen LogP contribution < -0.4 is 5.73 Å². The summed E-state index contributed by atoms with van der Waals surface area (Å²) in [6.07, 6.45) is 3.55. The van der Waals surface area contributed by atoms with Gasteiger partial charge in [-0.05, 0) is 37.0 Å². The number of hydrogen-bond acceptors (Lipinski definition) is 3. The topological polar surface area (TPSA) is 52.3 Å². The maximum Gasteiger partial charge on any atom is 0.339 e. The SMILES string of the molecule is Nc1ccc(C(=O)OCC2CCC2)c(Cl)c1. The highest BCUT2D eigenvalue weighted by Crippen LogP contribution is 2.27. The molecule has 1 fully saturated rings. The summed E-state index contributed by atoms with van der Waals surface area (Å²) < 4.78 is 5.19. The molecule has 0 spiro atoms. The molecule has 3 nitrogen and oxygen atoms in total. The Bertz CT molecular complexity index is 402. The van der Waals surface area contributed by atoms with Gasteiger partial charge in [-0.1, -0.05) is 18.0 Å². The van der Waals surface area contributed by atoms with E-state index in [1.165, 1.54) is 6.42 Å². The zero-order valence-electron chi connectivity index (χ0n) is 8.91. The quantitative estimate of drug-likeness (QED) is 0.652. The van der Waals surface area contributed by atoms with Crippen LogP contribution in [0.4, 0.5) is 5.69 Å². The van der Waals surface area contributed by atoms with Gasteiger partial charge in [-0.15, -0.1) is 0 Å². The second-order valence-electron chi connectivity index (χ2n) is 4.13. The standard InChI is InChI=1S/C12H14ClNO2/c13-11-6-9(14)4-5-10(11)12(15)16-7-8-2-1-3-8/h4-6,8H,1-3,7,14H2. The summed E-state index contributed by atoms with van der Waals surface area (Å²) in [6.45, 7) is 0.500. The van der Waals surface area contributed by atoms with Gasteiger partial charge in [0, 0.05) is 5.69 Å². The predicted octanol–water partition coefficient (Wildman–Crippen LogP) is 2.88. The van der Waals surface area contributed by atoms with Crippen LogP contribution in [0.5, 0.6) is 0 Å². The monoisotopic (exact) mass is 239 g/mol. The molecule has 0 aliphatic heterocycles. The Balaban J connectivity index is 1.96. The van der Waals surface area contributed by atoms with Crippen molar-refractivity contribution in [2.75, 3.05) is 12.3 Å². The van der Waals surface area contributed by atoms with Gasteiger partial charge >= 0.3 is 5.97 Å². The summed E-state index contributed by atoms with van der Waals surface area (Å²) in [5.74, 6) is 0.174. The maximum atomic E-state index is 11.7. The fourth-order valence-corrected chi connectivity index (χ4v) is 1.89. The summed E-state index contributed by atoms with van der Waals surface area (Å²) in [4.78, 5) is 11.7. The Morgan fingerprint density at radius 3 is 2.81 bits per heavy atom. The Hall–Kier alpha value is -1.22. The number of carbonyl (C=O) groups is 1. The Morgan fingerprint density at radius 2 is 2.25 bits per heavy atom. The minimum atomic E-state index is -0.364. The first kappa shape index (κ1) is 11.3.